The Bertz CT molecular complexity index is 566. The molecule has 3 N–H and O–H groups in total. The van der Waals surface area contributed by atoms with E-state index in [9.17, 15) is 20.1 Å². The molecule has 0 saturated carbocycles. The fraction of sp³-hybridized carbons (Fsp3) is 0.357. The number of aliphatic hydroxyl groups is 3. The Morgan fingerprint density at radius 1 is 1.43 bits per heavy atom. The van der Waals surface area contributed by atoms with Gasteiger partial charge in [0, 0.05) is 5.02 Å². The van der Waals surface area contributed by atoms with Gasteiger partial charge < -0.3 is 24.8 Å². The van der Waals surface area contributed by atoms with Crippen LogP contribution < -0.4 is 0 Å². The third kappa shape index (κ3) is 3.02. The van der Waals surface area contributed by atoms with Gasteiger partial charge in [-0.1, -0.05) is 17.5 Å². The summed E-state index contributed by atoms with van der Waals surface area (Å²) in [7, 11) is 0. The van der Waals surface area contributed by atoms with Gasteiger partial charge in [-0.15, -0.1) is 6.42 Å². The second-order valence-electron chi connectivity index (χ2n) is 4.54. The van der Waals surface area contributed by atoms with E-state index in [4.69, 9.17) is 27.5 Å². The third-order valence-electron chi connectivity index (χ3n) is 3.19. The first-order chi connectivity index (χ1) is 9.88. The Kier molecular flexibility index (Phi) is 4.52. The summed E-state index contributed by atoms with van der Waals surface area (Å²) in [6, 6.07) is 5.99. The van der Waals surface area contributed by atoms with Gasteiger partial charge in [-0.05, 0) is 24.3 Å². The van der Waals surface area contributed by atoms with Gasteiger partial charge in [0.05, 0.1) is 5.56 Å². The van der Waals surface area contributed by atoms with Crippen LogP contribution in [0.15, 0.2) is 24.3 Å². The summed E-state index contributed by atoms with van der Waals surface area (Å²) in [5.74, 6) is 1.28. The molecule has 0 aromatic heterocycles. The molecule has 6 nitrogen and oxygen atoms in total. The van der Waals surface area contributed by atoms with Crippen LogP contribution >= 0.6 is 11.6 Å². The van der Waals surface area contributed by atoms with Crippen molar-refractivity contribution in [3.05, 3.63) is 34.9 Å². The lowest BCUT2D eigenvalue weighted by molar-refractivity contribution is -0.133. The molecule has 1 saturated heterocycles. The molecule has 1 aromatic rings. The van der Waals surface area contributed by atoms with Crippen LogP contribution in [0.25, 0.3) is 0 Å². The van der Waals surface area contributed by atoms with Crippen LogP contribution in [0.2, 0.25) is 5.02 Å². The van der Waals surface area contributed by atoms with Crippen LogP contribution in [-0.4, -0.2) is 52.0 Å². The molecule has 7 heteroatoms. The number of terminal acetylenes is 1. The maximum atomic E-state index is 11.8. The minimum absolute atomic E-state index is 0.253. The predicted molar refractivity (Wildman–Crippen MR) is 72.4 cm³/mol. The summed E-state index contributed by atoms with van der Waals surface area (Å²) >= 11 is 5.70. The Labute approximate surface area is 125 Å². The number of carbonyl (C=O) groups excluding carboxylic acids is 1. The molecule has 112 valence electrons. The number of hydrogen-bond donors (Lipinski definition) is 3. The molecular weight excluding hydrogens is 300 g/mol. The summed E-state index contributed by atoms with van der Waals surface area (Å²) in [4.78, 5) is 11.8. The van der Waals surface area contributed by atoms with E-state index in [1.54, 1.807) is 0 Å². The molecular formula is C14H13ClO6. The van der Waals surface area contributed by atoms with Crippen molar-refractivity contribution in [1.82, 2.24) is 0 Å². The maximum absolute atomic E-state index is 11.8. The van der Waals surface area contributed by atoms with Crippen LogP contribution in [0.5, 0.6) is 0 Å². The number of rotatable bonds is 3. The van der Waals surface area contributed by atoms with E-state index in [2.05, 4.69) is 0 Å². The number of hydrogen-bond acceptors (Lipinski definition) is 6. The molecule has 1 aliphatic heterocycles. The maximum Gasteiger partial charge on any atom is 0.338 e. The number of halogens is 1. The number of carbonyl (C=O) groups is 1. The van der Waals surface area contributed by atoms with Crippen molar-refractivity contribution in [2.24, 2.45) is 0 Å². The molecule has 1 heterocycles. The third-order valence-corrected chi connectivity index (χ3v) is 3.44. The van der Waals surface area contributed by atoms with Crippen molar-refractivity contribution in [2.45, 2.75) is 24.1 Å². The van der Waals surface area contributed by atoms with Crippen LogP contribution in [0.1, 0.15) is 10.4 Å². The smallest absolute Gasteiger partial charge is 0.338 e. The summed E-state index contributed by atoms with van der Waals surface area (Å²) < 4.78 is 9.86. The van der Waals surface area contributed by atoms with Crippen molar-refractivity contribution < 1.29 is 29.6 Å². The van der Waals surface area contributed by atoms with Crippen LogP contribution in [-0.2, 0) is 9.47 Å². The van der Waals surface area contributed by atoms with Gasteiger partial charge in [-0.2, -0.15) is 0 Å². The standard InChI is InChI=1S/C14H13ClO6/c1-2-14(19)10(21-13(18)11(14)16)7-20-12(17)8-3-5-9(15)6-4-8/h1,3-6,10-11,13,16,18-19H,7H2/t10-,11+,13?,14+/m1/s1. The average Bonchev–Trinajstić information content (AvgIpc) is 2.70. The fourth-order valence-electron chi connectivity index (χ4n) is 1.92. The van der Waals surface area contributed by atoms with E-state index in [0.717, 1.165) is 0 Å². The quantitative estimate of drug-likeness (QED) is 0.534. The van der Waals surface area contributed by atoms with Crippen molar-refractivity contribution >= 4 is 17.6 Å². The zero-order valence-corrected chi connectivity index (χ0v) is 11.5. The molecule has 0 spiro atoms. The van der Waals surface area contributed by atoms with Crippen molar-refractivity contribution in [3.63, 3.8) is 0 Å². The monoisotopic (exact) mass is 312 g/mol. The molecule has 0 bridgehead atoms. The average molecular weight is 313 g/mol. The lowest BCUT2D eigenvalue weighted by Crippen LogP contribution is -2.48. The van der Waals surface area contributed by atoms with E-state index < -0.39 is 36.7 Å². The van der Waals surface area contributed by atoms with Gasteiger partial charge in [0.25, 0.3) is 0 Å². The molecule has 1 fully saturated rings. The van der Waals surface area contributed by atoms with Crippen molar-refractivity contribution in [3.8, 4) is 12.3 Å². The van der Waals surface area contributed by atoms with Gasteiger partial charge in [0.15, 0.2) is 11.9 Å². The van der Waals surface area contributed by atoms with E-state index in [0.29, 0.717) is 5.02 Å². The number of aliphatic hydroxyl groups excluding tert-OH is 2. The van der Waals surface area contributed by atoms with Gasteiger partial charge in [-0.3, -0.25) is 0 Å². The first-order valence-electron chi connectivity index (χ1n) is 6.03. The van der Waals surface area contributed by atoms with Crippen molar-refractivity contribution in [2.75, 3.05) is 6.61 Å². The molecule has 1 unspecified atom stereocenters. The normalized spacial score (nSPS) is 31.7. The second-order valence-corrected chi connectivity index (χ2v) is 4.97. The lowest BCUT2D eigenvalue weighted by atomic mass is 9.94. The summed E-state index contributed by atoms with van der Waals surface area (Å²) in [5, 5.41) is 29.5. The summed E-state index contributed by atoms with van der Waals surface area (Å²) in [6.07, 6.45) is 0.580. The zero-order valence-electron chi connectivity index (χ0n) is 10.8. The minimum atomic E-state index is -2.13. The van der Waals surface area contributed by atoms with E-state index in [-0.39, 0.29) is 5.56 Å². The van der Waals surface area contributed by atoms with E-state index in [1.165, 1.54) is 24.3 Å². The zero-order chi connectivity index (χ0) is 15.6. The minimum Gasteiger partial charge on any atom is -0.459 e. The number of esters is 1. The molecule has 21 heavy (non-hydrogen) atoms. The van der Waals surface area contributed by atoms with E-state index >= 15 is 0 Å². The van der Waals surface area contributed by atoms with Gasteiger partial charge in [0.1, 0.15) is 18.8 Å². The molecule has 1 aliphatic rings. The largest absolute Gasteiger partial charge is 0.459 e. The highest BCUT2D eigenvalue weighted by molar-refractivity contribution is 6.30. The Morgan fingerprint density at radius 3 is 2.62 bits per heavy atom. The Morgan fingerprint density at radius 2 is 2.05 bits per heavy atom. The first kappa shape index (κ1) is 15.8. The highest BCUT2D eigenvalue weighted by atomic mass is 35.5. The summed E-state index contributed by atoms with van der Waals surface area (Å²) in [5.41, 5.74) is -1.87. The van der Waals surface area contributed by atoms with Gasteiger partial charge >= 0.3 is 5.97 Å². The van der Waals surface area contributed by atoms with Gasteiger partial charge in [-0.25, -0.2) is 4.79 Å². The molecule has 0 amide bonds. The van der Waals surface area contributed by atoms with Crippen LogP contribution in [0, 0.1) is 12.3 Å². The number of benzene rings is 1. The van der Waals surface area contributed by atoms with Crippen LogP contribution in [0.3, 0.4) is 0 Å². The SMILES string of the molecule is C#C[C@]1(O)[C@@H](COC(=O)c2ccc(Cl)cc2)OC(O)[C@@H]1O. The number of ether oxygens (including phenoxy) is 2. The molecule has 0 radical (unpaired) electrons. The van der Waals surface area contributed by atoms with Gasteiger partial charge in [0.2, 0.25) is 0 Å². The second kappa shape index (κ2) is 6.02. The lowest BCUT2D eigenvalue weighted by Gasteiger charge is -2.24. The molecule has 4 atom stereocenters. The molecule has 2 rings (SSSR count). The fourth-order valence-corrected chi connectivity index (χ4v) is 2.05. The topological polar surface area (TPSA) is 96.2 Å². The molecule has 1 aromatic carbocycles. The Hall–Kier alpha value is -1.62. The predicted octanol–water partition coefficient (Wildman–Crippen LogP) is -0.0608. The highest BCUT2D eigenvalue weighted by Gasteiger charge is 2.54. The van der Waals surface area contributed by atoms with E-state index in [1.807, 2.05) is 5.92 Å². The first-order valence-corrected chi connectivity index (χ1v) is 6.40. The molecule has 0 aliphatic carbocycles. The van der Waals surface area contributed by atoms with Crippen molar-refractivity contribution in [1.29, 1.82) is 0 Å². The summed E-state index contributed by atoms with van der Waals surface area (Å²) in [6.45, 7) is -0.420. The highest BCUT2D eigenvalue weighted by Crippen LogP contribution is 2.30. The Balaban J connectivity index is 2.01. The van der Waals surface area contributed by atoms with Crippen LogP contribution in [0.4, 0.5) is 0 Å².